The van der Waals surface area contributed by atoms with Gasteiger partial charge in [0.15, 0.2) is 0 Å². The normalized spacial score (nSPS) is 11.6. The third-order valence-corrected chi connectivity index (χ3v) is 8.30. The zero-order valence-corrected chi connectivity index (χ0v) is 26.4. The van der Waals surface area contributed by atoms with E-state index in [0.717, 1.165) is 31.6 Å². The summed E-state index contributed by atoms with van der Waals surface area (Å²) >= 11 is 0. The van der Waals surface area contributed by atoms with Crippen LogP contribution in [0, 0.1) is 5.92 Å². The van der Waals surface area contributed by atoms with Crippen molar-refractivity contribution in [2.75, 3.05) is 0 Å². The molecular formula is C36H72O. The first-order valence-electron chi connectivity index (χ1n) is 17.7. The van der Waals surface area contributed by atoms with E-state index in [1.807, 2.05) is 0 Å². The van der Waals surface area contributed by atoms with Crippen LogP contribution in [0.5, 0.6) is 0 Å². The van der Waals surface area contributed by atoms with Gasteiger partial charge >= 0.3 is 0 Å². The van der Waals surface area contributed by atoms with Gasteiger partial charge in [-0.05, 0) is 18.8 Å². The van der Waals surface area contributed by atoms with E-state index in [9.17, 15) is 4.79 Å². The van der Waals surface area contributed by atoms with Crippen molar-refractivity contribution < 1.29 is 4.79 Å². The van der Waals surface area contributed by atoms with Crippen LogP contribution in [0.3, 0.4) is 0 Å². The van der Waals surface area contributed by atoms with Gasteiger partial charge in [-0.1, -0.05) is 194 Å². The second-order valence-electron chi connectivity index (χ2n) is 12.8. The van der Waals surface area contributed by atoms with Crippen molar-refractivity contribution in [3.63, 3.8) is 0 Å². The Balaban J connectivity index is 3.15. The lowest BCUT2D eigenvalue weighted by molar-refractivity contribution is -0.119. The van der Waals surface area contributed by atoms with Crippen molar-refractivity contribution in [2.24, 2.45) is 5.92 Å². The Bertz CT molecular complexity index is 426. The fourth-order valence-corrected chi connectivity index (χ4v) is 5.64. The average Bonchev–Trinajstić information content (AvgIpc) is 2.88. The molecule has 0 unspecified atom stereocenters. The minimum atomic E-state index is 0.527. The zero-order valence-electron chi connectivity index (χ0n) is 26.4. The lowest BCUT2D eigenvalue weighted by Crippen LogP contribution is -1.97. The second-order valence-corrected chi connectivity index (χ2v) is 12.8. The van der Waals surface area contributed by atoms with Crippen molar-refractivity contribution in [3.8, 4) is 0 Å². The van der Waals surface area contributed by atoms with Gasteiger partial charge in [0.2, 0.25) is 0 Å². The molecule has 0 atom stereocenters. The highest BCUT2D eigenvalue weighted by atomic mass is 16.1. The van der Waals surface area contributed by atoms with Crippen molar-refractivity contribution in [2.45, 2.75) is 220 Å². The number of ketones is 1. The quantitative estimate of drug-likeness (QED) is 0.0806. The summed E-state index contributed by atoms with van der Waals surface area (Å²) in [6, 6.07) is 0. The molecule has 222 valence electrons. The SMILES string of the molecule is CCCCCCCCCCCCCCCCCC(=O)CCCCCCCCCCCCCCCC(C)C. The van der Waals surface area contributed by atoms with Gasteiger partial charge in [-0.15, -0.1) is 0 Å². The monoisotopic (exact) mass is 521 g/mol. The maximum atomic E-state index is 12.1. The van der Waals surface area contributed by atoms with Crippen LogP contribution in [-0.4, -0.2) is 5.78 Å². The molecule has 0 aliphatic carbocycles. The highest BCUT2D eigenvalue weighted by molar-refractivity contribution is 5.78. The molecule has 0 amide bonds. The number of carbonyl (C=O) groups excluding carboxylic acids is 1. The number of unbranched alkanes of at least 4 members (excludes halogenated alkanes) is 26. The first-order valence-corrected chi connectivity index (χ1v) is 17.7. The maximum Gasteiger partial charge on any atom is 0.132 e. The molecule has 0 spiro atoms. The van der Waals surface area contributed by atoms with Crippen molar-refractivity contribution in [3.05, 3.63) is 0 Å². The standard InChI is InChI=1S/C36H72O/c1-4-5-6-7-8-9-10-11-12-15-18-21-24-27-30-33-36(37)34-31-28-25-22-19-16-13-14-17-20-23-26-29-32-35(2)3/h35H,4-34H2,1-3H3. The summed E-state index contributed by atoms with van der Waals surface area (Å²) in [5, 5.41) is 0. The number of Topliss-reactive ketones (excluding diaryl/α,β-unsaturated/α-hetero) is 1. The maximum absolute atomic E-state index is 12.1. The van der Waals surface area contributed by atoms with Crippen LogP contribution in [0.1, 0.15) is 220 Å². The number of hydrogen-bond donors (Lipinski definition) is 0. The van der Waals surface area contributed by atoms with E-state index in [1.165, 1.54) is 173 Å². The predicted octanol–water partition coefficient (Wildman–Crippen LogP) is 13.3. The Morgan fingerprint density at radius 1 is 0.378 bits per heavy atom. The fourth-order valence-electron chi connectivity index (χ4n) is 5.64. The molecule has 0 aromatic heterocycles. The highest BCUT2D eigenvalue weighted by Crippen LogP contribution is 2.16. The van der Waals surface area contributed by atoms with Crippen molar-refractivity contribution in [1.82, 2.24) is 0 Å². The Morgan fingerprint density at radius 3 is 0.892 bits per heavy atom. The summed E-state index contributed by atoms with van der Waals surface area (Å²) < 4.78 is 0. The summed E-state index contributed by atoms with van der Waals surface area (Å²) in [5.74, 6) is 1.41. The molecule has 0 aliphatic heterocycles. The largest absolute Gasteiger partial charge is 0.300 e. The summed E-state index contributed by atoms with van der Waals surface area (Å²) in [4.78, 5) is 12.1. The van der Waals surface area contributed by atoms with Gasteiger partial charge < -0.3 is 0 Å². The van der Waals surface area contributed by atoms with Gasteiger partial charge in [0.1, 0.15) is 5.78 Å². The van der Waals surface area contributed by atoms with Crippen molar-refractivity contribution in [1.29, 1.82) is 0 Å². The summed E-state index contributed by atoms with van der Waals surface area (Å²) in [7, 11) is 0. The molecule has 0 aliphatic rings. The average molecular weight is 521 g/mol. The molecule has 0 heterocycles. The van der Waals surface area contributed by atoms with E-state index in [1.54, 1.807) is 0 Å². The van der Waals surface area contributed by atoms with Gasteiger partial charge in [-0.2, -0.15) is 0 Å². The van der Waals surface area contributed by atoms with Crippen LogP contribution in [0.4, 0.5) is 0 Å². The first kappa shape index (κ1) is 36.7. The minimum Gasteiger partial charge on any atom is -0.300 e. The van der Waals surface area contributed by atoms with E-state index in [4.69, 9.17) is 0 Å². The summed E-state index contributed by atoms with van der Waals surface area (Å²) in [6.45, 7) is 6.96. The van der Waals surface area contributed by atoms with E-state index in [2.05, 4.69) is 20.8 Å². The number of rotatable bonds is 32. The van der Waals surface area contributed by atoms with Crippen LogP contribution >= 0.6 is 0 Å². The van der Waals surface area contributed by atoms with Crippen LogP contribution in [0.15, 0.2) is 0 Å². The van der Waals surface area contributed by atoms with E-state index >= 15 is 0 Å². The number of hydrogen-bond acceptors (Lipinski definition) is 1. The number of carbonyl (C=O) groups is 1. The van der Waals surface area contributed by atoms with Crippen molar-refractivity contribution >= 4 is 5.78 Å². The van der Waals surface area contributed by atoms with Crippen LogP contribution in [0.2, 0.25) is 0 Å². The highest BCUT2D eigenvalue weighted by Gasteiger charge is 2.02. The summed E-state index contributed by atoms with van der Waals surface area (Å²) in [5.41, 5.74) is 0. The van der Waals surface area contributed by atoms with Gasteiger partial charge in [0.25, 0.3) is 0 Å². The molecule has 0 aromatic rings. The molecule has 0 bridgehead atoms. The molecule has 0 fully saturated rings. The van der Waals surface area contributed by atoms with Crippen LogP contribution < -0.4 is 0 Å². The van der Waals surface area contributed by atoms with Gasteiger partial charge in [-0.3, -0.25) is 4.79 Å². The minimum absolute atomic E-state index is 0.527. The molecule has 0 radical (unpaired) electrons. The first-order chi connectivity index (χ1) is 18.2. The van der Waals surface area contributed by atoms with Gasteiger partial charge in [-0.25, -0.2) is 0 Å². The smallest absolute Gasteiger partial charge is 0.132 e. The zero-order chi connectivity index (χ0) is 27.1. The van der Waals surface area contributed by atoms with Gasteiger partial charge in [0, 0.05) is 12.8 Å². The molecule has 0 aromatic carbocycles. The predicted molar refractivity (Wildman–Crippen MR) is 169 cm³/mol. The lowest BCUT2D eigenvalue weighted by atomic mass is 10.0. The van der Waals surface area contributed by atoms with E-state index < -0.39 is 0 Å². The molecular weight excluding hydrogens is 448 g/mol. The molecule has 0 saturated heterocycles. The molecule has 1 nitrogen and oxygen atoms in total. The van der Waals surface area contributed by atoms with Crippen LogP contribution in [0.25, 0.3) is 0 Å². The third kappa shape index (κ3) is 33.6. The Labute approximate surface area is 236 Å². The molecule has 37 heavy (non-hydrogen) atoms. The fraction of sp³-hybridized carbons (Fsp3) is 0.972. The second kappa shape index (κ2) is 31.9. The van der Waals surface area contributed by atoms with Gasteiger partial charge in [0.05, 0.1) is 0 Å². The molecule has 0 saturated carbocycles. The Kier molecular flexibility index (Phi) is 31.6. The van der Waals surface area contributed by atoms with Crippen LogP contribution in [-0.2, 0) is 4.79 Å². The molecule has 0 N–H and O–H groups in total. The van der Waals surface area contributed by atoms with E-state index in [-0.39, 0.29) is 0 Å². The Morgan fingerprint density at radius 2 is 0.622 bits per heavy atom. The molecule has 1 heteroatoms. The molecule has 0 rings (SSSR count). The topological polar surface area (TPSA) is 17.1 Å². The van der Waals surface area contributed by atoms with E-state index in [0.29, 0.717) is 5.78 Å². The Hall–Kier alpha value is -0.330. The lowest BCUT2D eigenvalue weighted by Gasteiger charge is -2.05. The summed E-state index contributed by atoms with van der Waals surface area (Å²) in [6.07, 6.45) is 42.0. The third-order valence-electron chi connectivity index (χ3n) is 8.30.